The number of carbonyl (C=O) groups excluding carboxylic acids is 2. The monoisotopic (exact) mass is 394 g/mol. The van der Waals surface area contributed by atoms with E-state index in [9.17, 15) is 9.59 Å². The lowest BCUT2D eigenvalue weighted by atomic mass is 10.1. The number of halogens is 1. The fourth-order valence-electron chi connectivity index (χ4n) is 2.92. The summed E-state index contributed by atoms with van der Waals surface area (Å²) in [5, 5.41) is 3.51. The van der Waals surface area contributed by atoms with Gasteiger partial charge >= 0.3 is 0 Å². The first-order valence-corrected chi connectivity index (χ1v) is 8.93. The highest BCUT2D eigenvalue weighted by atomic mass is 35.5. The van der Waals surface area contributed by atoms with Gasteiger partial charge in [-0.3, -0.25) is 14.5 Å². The fraction of sp³-hybridized carbons (Fsp3) is 0.0952. The third kappa shape index (κ3) is 3.82. The smallest absolute Gasteiger partial charge is 0.264 e. The van der Waals surface area contributed by atoms with Gasteiger partial charge in [0, 0.05) is 24.5 Å². The van der Waals surface area contributed by atoms with E-state index in [2.05, 4.69) is 10.3 Å². The van der Waals surface area contributed by atoms with E-state index in [0.29, 0.717) is 22.1 Å². The molecule has 0 aliphatic heterocycles. The summed E-state index contributed by atoms with van der Waals surface area (Å²) in [6.45, 7) is 1.91. The van der Waals surface area contributed by atoms with Crippen molar-refractivity contribution in [2.75, 3.05) is 17.3 Å². The third-order valence-electron chi connectivity index (χ3n) is 4.30. The molecule has 0 fully saturated rings. The van der Waals surface area contributed by atoms with Gasteiger partial charge in [-0.2, -0.15) is 0 Å². The van der Waals surface area contributed by atoms with Crippen molar-refractivity contribution in [2.45, 2.75) is 6.92 Å². The van der Waals surface area contributed by atoms with E-state index < -0.39 is 5.91 Å². The number of para-hydroxylation sites is 1. The number of carbonyl (C=O) groups is 2. The van der Waals surface area contributed by atoms with Crippen LogP contribution in [0.1, 0.15) is 26.3 Å². The molecule has 3 aromatic rings. The van der Waals surface area contributed by atoms with E-state index in [4.69, 9.17) is 17.3 Å². The Morgan fingerprint density at radius 3 is 2.46 bits per heavy atom. The number of nitrogens with two attached hydrogens (primary N) is 1. The minimum atomic E-state index is -0.635. The van der Waals surface area contributed by atoms with Crippen LogP contribution >= 0.6 is 11.6 Å². The van der Waals surface area contributed by atoms with Crippen molar-refractivity contribution in [3.63, 3.8) is 0 Å². The van der Waals surface area contributed by atoms with E-state index >= 15 is 0 Å². The Morgan fingerprint density at radius 2 is 1.86 bits per heavy atom. The molecule has 0 atom stereocenters. The lowest BCUT2D eigenvalue weighted by Crippen LogP contribution is -2.29. The Kier molecular flexibility index (Phi) is 5.61. The minimum Gasteiger partial charge on any atom is -0.388 e. The zero-order chi connectivity index (χ0) is 20.3. The quantitative estimate of drug-likeness (QED) is 0.680. The maximum Gasteiger partial charge on any atom is 0.264 e. The van der Waals surface area contributed by atoms with Crippen molar-refractivity contribution in [3.05, 3.63) is 82.5 Å². The Hall–Kier alpha value is -3.38. The molecule has 6 nitrogen and oxygen atoms in total. The first-order valence-electron chi connectivity index (χ1n) is 8.55. The summed E-state index contributed by atoms with van der Waals surface area (Å²) in [5.41, 5.74) is 8.39. The lowest BCUT2D eigenvalue weighted by Gasteiger charge is -2.24. The highest BCUT2D eigenvalue weighted by Gasteiger charge is 2.25. The summed E-state index contributed by atoms with van der Waals surface area (Å²) in [5.74, 6) is -0.642. The number of rotatable bonds is 5. The zero-order valence-corrected chi connectivity index (χ0v) is 16.2. The van der Waals surface area contributed by atoms with Crippen molar-refractivity contribution >= 4 is 40.6 Å². The van der Waals surface area contributed by atoms with E-state index in [0.717, 1.165) is 11.3 Å². The molecule has 2 amide bonds. The second-order valence-corrected chi connectivity index (χ2v) is 6.57. The van der Waals surface area contributed by atoms with Crippen molar-refractivity contribution in [1.82, 2.24) is 4.98 Å². The van der Waals surface area contributed by atoms with E-state index in [-0.39, 0.29) is 11.5 Å². The molecule has 0 radical (unpaired) electrons. The molecule has 0 unspecified atom stereocenters. The summed E-state index contributed by atoms with van der Waals surface area (Å²) in [4.78, 5) is 31.0. The van der Waals surface area contributed by atoms with Crippen LogP contribution in [0.3, 0.4) is 0 Å². The Bertz CT molecular complexity index is 1030. The average molecular weight is 395 g/mol. The summed E-state index contributed by atoms with van der Waals surface area (Å²) in [6, 6.07) is 15.2. The standard InChI is InChI=1S/C21H19ClN4O2/c1-13-11-14(7-9-17(13)24-2)21(28)26(19-10-8-15(22)12-25-19)18-6-4-3-5-16(18)20(23)27/h3-12,24H,1-2H3,(H2,23,27). The van der Waals surface area contributed by atoms with Gasteiger partial charge in [-0.05, 0) is 55.0 Å². The van der Waals surface area contributed by atoms with Gasteiger partial charge in [0.2, 0.25) is 0 Å². The molecule has 3 rings (SSSR count). The molecule has 2 aromatic carbocycles. The van der Waals surface area contributed by atoms with Gasteiger partial charge in [-0.25, -0.2) is 4.98 Å². The van der Waals surface area contributed by atoms with Gasteiger partial charge in [0.15, 0.2) is 0 Å². The molecular formula is C21H19ClN4O2. The Labute approximate surface area is 168 Å². The minimum absolute atomic E-state index is 0.219. The Balaban J connectivity index is 2.17. The van der Waals surface area contributed by atoms with Crippen LogP contribution in [-0.4, -0.2) is 23.8 Å². The number of aryl methyl sites for hydroxylation is 1. The van der Waals surface area contributed by atoms with Crippen molar-refractivity contribution in [3.8, 4) is 0 Å². The first kappa shape index (κ1) is 19.4. The van der Waals surface area contributed by atoms with E-state index in [1.807, 2.05) is 20.0 Å². The van der Waals surface area contributed by atoms with Gasteiger partial charge in [0.05, 0.1) is 16.3 Å². The van der Waals surface area contributed by atoms with Crippen LogP contribution in [0.25, 0.3) is 0 Å². The molecule has 0 saturated heterocycles. The van der Waals surface area contributed by atoms with Gasteiger partial charge in [0.25, 0.3) is 11.8 Å². The Morgan fingerprint density at radius 1 is 1.11 bits per heavy atom. The van der Waals surface area contributed by atoms with Crippen LogP contribution in [0, 0.1) is 6.92 Å². The van der Waals surface area contributed by atoms with Crippen molar-refractivity contribution < 1.29 is 9.59 Å². The van der Waals surface area contributed by atoms with Gasteiger partial charge in [-0.15, -0.1) is 0 Å². The van der Waals surface area contributed by atoms with Crippen LogP contribution in [0.15, 0.2) is 60.8 Å². The topological polar surface area (TPSA) is 88.3 Å². The number of aromatic nitrogens is 1. The highest BCUT2D eigenvalue weighted by Crippen LogP contribution is 2.30. The number of primary amides is 1. The highest BCUT2D eigenvalue weighted by molar-refractivity contribution is 6.30. The van der Waals surface area contributed by atoms with Crippen LogP contribution < -0.4 is 16.0 Å². The van der Waals surface area contributed by atoms with E-state index in [1.165, 1.54) is 11.1 Å². The molecule has 0 aliphatic carbocycles. The van der Waals surface area contributed by atoms with Gasteiger partial charge < -0.3 is 11.1 Å². The molecule has 1 heterocycles. The summed E-state index contributed by atoms with van der Waals surface area (Å²) in [6.07, 6.45) is 1.44. The molecule has 7 heteroatoms. The first-order chi connectivity index (χ1) is 13.4. The number of amides is 2. The van der Waals surface area contributed by atoms with E-state index in [1.54, 1.807) is 48.5 Å². The number of pyridine rings is 1. The van der Waals surface area contributed by atoms with Crippen LogP contribution in [0.5, 0.6) is 0 Å². The average Bonchev–Trinajstić information content (AvgIpc) is 2.69. The second-order valence-electron chi connectivity index (χ2n) is 6.14. The summed E-state index contributed by atoms with van der Waals surface area (Å²) < 4.78 is 0. The predicted molar refractivity (Wildman–Crippen MR) is 111 cm³/mol. The number of anilines is 3. The summed E-state index contributed by atoms with van der Waals surface area (Å²) >= 11 is 5.95. The van der Waals surface area contributed by atoms with Crippen LogP contribution in [0.4, 0.5) is 17.2 Å². The molecule has 0 spiro atoms. The molecule has 28 heavy (non-hydrogen) atoms. The predicted octanol–water partition coefficient (Wildman–Crippen LogP) is 4.16. The number of nitrogens with zero attached hydrogens (tertiary/aromatic N) is 2. The molecule has 0 saturated carbocycles. The molecule has 0 bridgehead atoms. The molecular weight excluding hydrogens is 376 g/mol. The number of benzene rings is 2. The zero-order valence-electron chi connectivity index (χ0n) is 15.4. The molecule has 0 aliphatic rings. The van der Waals surface area contributed by atoms with Crippen molar-refractivity contribution in [1.29, 1.82) is 0 Å². The fourth-order valence-corrected chi connectivity index (χ4v) is 3.03. The third-order valence-corrected chi connectivity index (χ3v) is 4.52. The number of hydrogen-bond acceptors (Lipinski definition) is 4. The maximum absolute atomic E-state index is 13.4. The maximum atomic E-state index is 13.4. The van der Waals surface area contributed by atoms with Gasteiger partial charge in [-0.1, -0.05) is 23.7 Å². The summed E-state index contributed by atoms with van der Waals surface area (Å²) in [7, 11) is 1.82. The second kappa shape index (κ2) is 8.10. The van der Waals surface area contributed by atoms with Gasteiger partial charge in [0.1, 0.15) is 5.82 Å². The molecule has 3 N–H and O–H groups in total. The normalized spacial score (nSPS) is 10.4. The van der Waals surface area contributed by atoms with Crippen LogP contribution in [0.2, 0.25) is 5.02 Å². The van der Waals surface area contributed by atoms with Crippen molar-refractivity contribution in [2.24, 2.45) is 5.73 Å². The van der Waals surface area contributed by atoms with Crippen LogP contribution in [-0.2, 0) is 0 Å². The molecule has 142 valence electrons. The number of nitrogens with one attached hydrogen (secondary N) is 1. The largest absolute Gasteiger partial charge is 0.388 e. The number of hydrogen-bond donors (Lipinski definition) is 2. The SMILES string of the molecule is CNc1ccc(C(=O)N(c2ccc(Cl)cn2)c2ccccc2C(N)=O)cc1C. The lowest BCUT2D eigenvalue weighted by molar-refractivity contribution is 0.0998. The molecule has 1 aromatic heterocycles.